The van der Waals surface area contributed by atoms with Crippen molar-refractivity contribution in [1.82, 2.24) is 117 Å². The van der Waals surface area contributed by atoms with E-state index in [-0.39, 0.29) is 30.1 Å². The van der Waals surface area contributed by atoms with Crippen LogP contribution in [0.15, 0.2) is 75.9 Å². The lowest BCUT2D eigenvalue weighted by molar-refractivity contribution is -0.159. The van der Waals surface area contributed by atoms with Gasteiger partial charge < -0.3 is 81.5 Å². The number of fused-ring (bicyclic) bond motifs is 6. The van der Waals surface area contributed by atoms with Crippen LogP contribution in [0.4, 0.5) is 34.9 Å². The highest BCUT2D eigenvalue weighted by molar-refractivity contribution is 5.85. The van der Waals surface area contributed by atoms with Gasteiger partial charge in [-0.15, -0.1) is 0 Å². The van der Waals surface area contributed by atoms with E-state index < -0.39 is 6.10 Å². The zero-order valence-corrected chi connectivity index (χ0v) is 59.8. The fourth-order valence-corrected chi connectivity index (χ4v) is 10.1. The van der Waals surface area contributed by atoms with E-state index >= 15 is 0 Å². The Morgan fingerprint density at radius 2 is 0.686 bits per heavy atom. The Hall–Kier alpha value is -10.7. The highest BCUT2D eigenvalue weighted by Crippen LogP contribution is 2.22. The number of rotatable bonds is 28. The van der Waals surface area contributed by atoms with Crippen LogP contribution in [-0.2, 0) is 58.3 Å². The van der Waals surface area contributed by atoms with Gasteiger partial charge in [0, 0.05) is 58.7 Å². The zero-order valence-electron chi connectivity index (χ0n) is 59.8. The molecule has 36 nitrogen and oxygen atoms in total. The van der Waals surface area contributed by atoms with Crippen molar-refractivity contribution < 1.29 is 29.3 Å². The van der Waals surface area contributed by atoms with Crippen molar-refractivity contribution in [1.29, 1.82) is 0 Å². The molecule has 12 aromatic heterocycles. The standard InChI is InChI=1S/C14H23N5O2.2C11H17N5.C10H13N5O2.C10H15N5O.C10H13N5O/c1-4-11(21-10(3)20-5-2)6-7-19-9-18-12-13(15)16-8-17-14(12)19;2*1-3-8(2)4-5-16-7-15-9-10(12)13-6-14-11(9)16;1-6(16)7(17)2-3-15-5-14-8-9(11)12-4-13-10(8)15;2*1-2-7(16)3-4-15-6-14-8-9(11)12-5-13-10(8)15/h8-11H,4-7H2,1-3H3,(H2,15,16,17);2*6-8H,3-5H2,1-2H3,(H2,12,13,14);4-5,7,17H,2-3H2,1H3,(H2,11,12,13);5-7,16H,2-4H2,1H3,(H2,11,12,13);5-6H,2-4H2,1H3,(H2,11,12,13). The summed E-state index contributed by atoms with van der Waals surface area (Å²) in [7, 11) is 0. The molecule has 0 aliphatic heterocycles. The molecule has 6 atom stereocenters. The minimum absolute atomic E-state index is 0.142. The van der Waals surface area contributed by atoms with Gasteiger partial charge in [0.2, 0.25) is 0 Å². The van der Waals surface area contributed by atoms with Crippen LogP contribution in [0.1, 0.15) is 140 Å². The average molecular weight is 1410 g/mol. The summed E-state index contributed by atoms with van der Waals surface area (Å²) in [5, 5.41) is 18.9. The number of anilines is 6. The number of hydrogen-bond acceptors (Lipinski definition) is 30. The lowest BCUT2D eigenvalue weighted by Gasteiger charge is -2.21. The first kappa shape index (κ1) is 78.6. The smallest absolute Gasteiger partial charge is 0.165 e. The summed E-state index contributed by atoms with van der Waals surface area (Å²) in [6.07, 6.45) is 26.8. The molecule has 0 aliphatic rings. The fourth-order valence-electron chi connectivity index (χ4n) is 10.1. The van der Waals surface area contributed by atoms with Crippen molar-refractivity contribution in [3.05, 3.63) is 75.9 Å². The molecule has 36 heteroatoms. The van der Waals surface area contributed by atoms with Gasteiger partial charge >= 0.3 is 0 Å². The van der Waals surface area contributed by atoms with Crippen LogP contribution in [0.25, 0.3) is 67.0 Å². The maximum atomic E-state index is 11.2. The summed E-state index contributed by atoms with van der Waals surface area (Å²) in [4.78, 5) is 95.5. The molecular weight excluding hydrogens is 1310 g/mol. The molecule has 12 rings (SSSR count). The van der Waals surface area contributed by atoms with Crippen LogP contribution in [0.3, 0.4) is 0 Å². The van der Waals surface area contributed by atoms with Gasteiger partial charge in [-0.1, -0.05) is 61.3 Å². The maximum absolute atomic E-state index is 11.2. The number of nitrogen functional groups attached to an aromatic ring is 6. The molecule has 0 saturated carbocycles. The van der Waals surface area contributed by atoms with Crippen LogP contribution in [0, 0.1) is 11.8 Å². The van der Waals surface area contributed by atoms with Crippen LogP contribution in [0.5, 0.6) is 0 Å². The summed E-state index contributed by atoms with van der Waals surface area (Å²) in [6, 6.07) is 0. The number of ketones is 2. The first-order valence-corrected chi connectivity index (χ1v) is 34.3. The molecule has 0 radical (unpaired) electrons. The first-order chi connectivity index (χ1) is 49.1. The maximum Gasteiger partial charge on any atom is 0.165 e. The monoisotopic (exact) mass is 1410 g/mol. The SMILES string of the molecule is CC(=O)C(O)CCn1cnc2c(N)ncnc21.CCC(=O)CCn1cnc2c(N)ncnc21.CCC(C)CCn1cnc2c(N)ncnc21.CCC(C)CCn1cnc2c(N)ncnc21.CCC(O)CCn1cnc2c(N)ncnc21.CCOC(C)OC(CC)CCn1cnc2c(N)ncnc21. The van der Waals surface area contributed by atoms with Gasteiger partial charge in [0.05, 0.1) is 50.2 Å². The Morgan fingerprint density at radius 1 is 0.392 bits per heavy atom. The largest absolute Gasteiger partial charge is 0.393 e. The van der Waals surface area contributed by atoms with Crippen molar-refractivity contribution in [2.75, 3.05) is 41.0 Å². The number of nitrogens with two attached hydrogens (primary N) is 6. The highest BCUT2D eigenvalue weighted by Gasteiger charge is 2.17. The van der Waals surface area contributed by atoms with Crippen LogP contribution >= 0.6 is 0 Å². The number of imidazole rings is 6. The van der Waals surface area contributed by atoms with Crippen LogP contribution in [0.2, 0.25) is 0 Å². The van der Waals surface area contributed by atoms with E-state index in [9.17, 15) is 19.8 Å². The second-order valence-electron chi connectivity index (χ2n) is 24.2. The Labute approximate surface area is 590 Å². The number of aryl methyl sites for hydroxylation is 6. The van der Waals surface area contributed by atoms with E-state index in [0.717, 1.165) is 86.2 Å². The number of Topliss-reactive ketones (excluding diaryl/α,β-unsaturated/α-hetero) is 2. The lowest BCUT2D eigenvalue weighted by Crippen LogP contribution is -2.23. The molecule has 102 heavy (non-hydrogen) atoms. The normalized spacial score (nSPS) is 13.0. The molecule has 12 heterocycles. The second kappa shape index (κ2) is 39.3. The van der Waals surface area contributed by atoms with E-state index in [2.05, 4.69) is 124 Å². The number of carbonyl (C=O) groups is 2. The molecule has 0 fully saturated rings. The quantitative estimate of drug-likeness (QED) is 0.0235. The Kier molecular flexibility index (Phi) is 30.3. The Balaban J connectivity index is 0.000000172. The molecule has 6 unspecified atom stereocenters. The fraction of sp³-hybridized carbons (Fsp3) is 0.515. The first-order valence-electron chi connectivity index (χ1n) is 34.3. The predicted molar refractivity (Wildman–Crippen MR) is 390 cm³/mol. The molecule has 0 amide bonds. The van der Waals surface area contributed by atoms with Crippen LogP contribution in [-0.4, -0.2) is 170 Å². The number of hydrogen-bond donors (Lipinski definition) is 8. The third-order valence-electron chi connectivity index (χ3n) is 16.9. The molecule has 0 spiro atoms. The number of ether oxygens (including phenoxy) is 2. The summed E-state index contributed by atoms with van der Waals surface area (Å²) in [6.45, 7) is 25.1. The van der Waals surface area contributed by atoms with Crippen molar-refractivity contribution in [2.45, 2.75) is 204 Å². The summed E-state index contributed by atoms with van der Waals surface area (Å²) < 4.78 is 22.8. The zero-order chi connectivity index (χ0) is 73.8. The van der Waals surface area contributed by atoms with Gasteiger partial charge in [-0.05, 0) is 77.6 Å². The topological polar surface area (TPSA) is 511 Å². The number of aliphatic hydroxyl groups is 2. The van der Waals surface area contributed by atoms with Gasteiger partial charge in [0.25, 0.3) is 0 Å². The van der Waals surface area contributed by atoms with Crippen molar-refractivity contribution >= 4 is 113 Å². The number of aliphatic hydroxyl groups excluding tert-OH is 2. The minimum Gasteiger partial charge on any atom is -0.393 e. The molecule has 0 saturated heterocycles. The van der Waals surface area contributed by atoms with Gasteiger partial charge in [0.1, 0.15) is 83.0 Å². The van der Waals surface area contributed by atoms with E-state index in [0.29, 0.717) is 131 Å². The molecule has 0 aliphatic carbocycles. The molecule has 548 valence electrons. The van der Waals surface area contributed by atoms with E-state index in [1.54, 1.807) is 42.5 Å². The van der Waals surface area contributed by atoms with Gasteiger partial charge in [0.15, 0.2) is 80.9 Å². The molecule has 0 aromatic carbocycles. The van der Waals surface area contributed by atoms with E-state index in [1.165, 1.54) is 57.7 Å². The summed E-state index contributed by atoms with van der Waals surface area (Å²) in [5.41, 5.74) is 42.4. The van der Waals surface area contributed by atoms with Crippen molar-refractivity contribution in [3.63, 3.8) is 0 Å². The van der Waals surface area contributed by atoms with E-state index in [1.807, 2.05) is 50.5 Å². The summed E-state index contributed by atoms with van der Waals surface area (Å²) in [5.74, 6) is 3.80. The average Bonchev–Trinajstić information content (AvgIpc) is 1.71. The number of carbonyl (C=O) groups excluding carboxylic acids is 2. The second-order valence-corrected chi connectivity index (χ2v) is 24.2. The number of nitrogens with zero attached hydrogens (tertiary/aromatic N) is 24. The Morgan fingerprint density at radius 3 is 0.961 bits per heavy atom. The molecular formula is C66H98N30O6. The van der Waals surface area contributed by atoms with Crippen LogP contribution < -0.4 is 34.4 Å². The third kappa shape index (κ3) is 21.9. The van der Waals surface area contributed by atoms with Gasteiger partial charge in [-0.2, -0.15) is 0 Å². The van der Waals surface area contributed by atoms with Gasteiger partial charge in [-0.3, -0.25) is 9.59 Å². The molecule has 14 N–H and O–H groups in total. The van der Waals surface area contributed by atoms with E-state index in [4.69, 9.17) is 43.9 Å². The molecule has 0 bridgehead atoms. The number of aromatic nitrogens is 24. The highest BCUT2D eigenvalue weighted by atomic mass is 16.7. The third-order valence-corrected chi connectivity index (χ3v) is 16.9. The molecule has 12 aromatic rings. The lowest BCUT2D eigenvalue weighted by atomic mass is 10.1. The van der Waals surface area contributed by atoms with Crippen molar-refractivity contribution in [3.8, 4) is 0 Å². The van der Waals surface area contributed by atoms with Crippen molar-refractivity contribution in [2.24, 2.45) is 11.8 Å². The summed E-state index contributed by atoms with van der Waals surface area (Å²) >= 11 is 0. The Bertz CT molecular complexity index is 4330. The predicted octanol–water partition coefficient (Wildman–Crippen LogP) is 6.76. The minimum atomic E-state index is -0.952. The van der Waals surface area contributed by atoms with Gasteiger partial charge in [-0.25, -0.2) is 89.7 Å².